The van der Waals surface area contributed by atoms with Crippen LogP contribution in [0.1, 0.15) is 5.69 Å². The first-order chi connectivity index (χ1) is 11.0. The lowest BCUT2D eigenvalue weighted by Crippen LogP contribution is -2.29. The topological polar surface area (TPSA) is 79.4 Å². The van der Waals surface area contributed by atoms with Crippen molar-refractivity contribution < 1.29 is 9.53 Å². The average molecular weight is 336 g/mol. The normalized spacial score (nSPS) is 10.1. The number of methoxy groups -OCH3 is 1. The van der Waals surface area contributed by atoms with Gasteiger partial charge in [-0.15, -0.1) is 0 Å². The lowest BCUT2D eigenvalue weighted by Gasteiger charge is -2.13. The predicted octanol–water partition coefficient (Wildman–Crippen LogP) is 2.53. The van der Waals surface area contributed by atoms with Crippen LogP contribution in [0.15, 0.2) is 30.5 Å². The van der Waals surface area contributed by atoms with Gasteiger partial charge >= 0.3 is 6.03 Å². The number of benzene rings is 1. The molecule has 1 heterocycles. The number of carbonyl (C=O) groups is 1. The number of aromatic nitrogens is 2. The monoisotopic (exact) mass is 335 g/mol. The lowest BCUT2D eigenvalue weighted by atomic mass is 10.3. The van der Waals surface area contributed by atoms with Crippen molar-refractivity contribution in [2.45, 2.75) is 6.54 Å². The van der Waals surface area contributed by atoms with Gasteiger partial charge in [-0.2, -0.15) is 0 Å². The smallest absolute Gasteiger partial charge is 0.319 e. The SMILES string of the molecule is COc1ccc(Cl)cc1NC(=O)NCc1ccnc(N(C)C)n1. The van der Waals surface area contributed by atoms with Crippen LogP contribution in [0.25, 0.3) is 0 Å². The van der Waals surface area contributed by atoms with Gasteiger partial charge in [-0.1, -0.05) is 11.6 Å². The van der Waals surface area contributed by atoms with Gasteiger partial charge in [-0.3, -0.25) is 0 Å². The quantitative estimate of drug-likeness (QED) is 0.877. The third-order valence-electron chi connectivity index (χ3n) is 2.94. The van der Waals surface area contributed by atoms with Crippen molar-refractivity contribution in [2.24, 2.45) is 0 Å². The van der Waals surface area contributed by atoms with Crippen LogP contribution in [0.4, 0.5) is 16.4 Å². The molecule has 0 atom stereocenters. The number of anilines is 2. The van der Waals surface area contributed by atoms with Crippen LogP contribution in [0.2, 0.25) is 5.02 Å². The molecule has 7 nitrogen and oxygen atoms in total. The summed E-state index contributed by atoms with van der Waals surface area (Å²) in [4.78, 5) is 22.2. The highest BCUT2D eigenvalue weighted by atomic mass is 35.5. The van der Waals surface area contributed by atoms with Gasteiger partial charge in [-0.25, -0.2) is 14.8 Å². The summed E-state index contributed by atoms with van der Waals surface area (Å²) < 4.78 is 5.18. The number of hydrogen-bond donors (Lipinski definition) is 2. The van der Waals surface area contributed by atoms with Gasteiger partial charge in [0.1, 0.15) is 5.75 Å². The number of nitrogens with one attached hydrogen (secondary N) is 2. The van der Waals surface area contributed by atoms with Crippen LogP contribution in [-0.2, 0) is 6.54 Å². The van der Waals surface area contributed by atoms with Crippen LogP contribution in [-0.4, -0.2) is 37.2 Å². The molecule has 2 rings (SSSR count). The summed E-state index contributed by atoms with van der Waals surface area (Å²) in [6.45, 7) is 0.276. The molecule has 0 unspecified atom stereocenters. The summed E-state index contributed by atoms with van der Waals surface area (Å²) in [5.74, 6) is 1.11. The van der Waals surface area contributed by atoms with E-state index in [1.807, 2.05) is 14.1 Å². The Labute approximate surface area is 139 Å². The second-order valence-corrected chi connectivity index (χ2v) is 5.33. The number of nitrogens with zero attached hydrogens (tertiary/aromatic N) is 3. The summed E-state index contributed by atoms with van der Waals surface area (Å²) in [7, 11) is 5.23. The summed E-state index contributed by atoms with van der Waals surface area (Å²) in [5.41, 5.74) is 1.20. The van der Waals surface area contributed by atoms with E-state index in [-0.39, 0.29) is 12.6 Å². The molecule has 0 aliphatic rings. The number of hydrogen-bond acceptors (Lipinski definition) is 5. The first-order valence-corrected chi connectivity index (χ1v) is 7.25. The van der Waals surface area contributed by atoms with Crippen LogP contribution >= 0.6 is 11.6 Å². The average Bonchev–Trinajstić information content (AvgIpc) is 2.53. The molecule has 0 saturated carbocycles. The minimum Gasteiger partial charge on any atom is -0.495 e. The molecule has 2 aromatic rings. The van der Waals surface area contributed by atoms with Crippen molar-refractivity contribution in [3.63, 3.8) is 0 Å². The molecule has 0 radical (unpaired) electrons. The Balaban J connectivity index is 1.98. The Hall–Kier alpha value is -2.54. The van der Waals surface area contributed by atoms with E-state index in [1.165, 1.54) is 7.11 Å². The lowest BCUT2D eigenvalue weighted by molar-refractivity contribution is 0.251. The fraction of sp³-hybridized carbons (Fsp3) is 0.267. The minimum atomic E-state index is -0.379. The molecule has 23 heavy (non-hydrogen) atoms. The number of amides is 2. The fourth-order valence-corrected chi connectivity index (χ4v) is 1.99. The molecular formula is C15H18ClN5O2. The highest BCUT2D eigenvalue weighted by molar-refractivity contribution is 6.31. The molecule has 122 valence electrons. The van der Waals surface area contributed by atoms with E-state index in [4.69, 9.17) is 16.3 Å². The molecule has 0 bridgehead atoms. The third-order valence-corrected chi connectivity index (χ3v) is 3.18. The van der Waals surface area contributed by atoms with Gasteiger partial charge in [0.2, 0.25) is 5.95 Å². The van der Waals surface area contributed by atoms with Crippen LogP contribution < -0.4 is 20.3 Å². The van der Waals surface area contributed by atoms with Crippen molar-refractivity contribution in [2.75, 3.05) is 31.4 Å². The molecule has 0 aliphatic heterocycles. The first kappa shape index (κ1) is 16.8. The van der Waals surface area contributed by atoms with E-state index in [0.29, 0.717) is 28.1 Å². The number of halogens is 1. The Bertz CT molecular complexity index is 693. The van der Waals surface area contributed by atoms with Crippen LogP contribution in [0.5, 0.6) is 5.75 Å². The Kier molecular flexibility index (Phi) is 5.59. The van der Waals surface area contributed by atoms with Crippen molar-refractivity contribution >= 4 is 29.3 Å². The number of rotatable bonds is 5. The molecule has 2 N–H and O–H groups in total. The molecule has 1 aromatic heterocycles. The summed E-state index contributed by atoms with van der Waals surface area (Å²) in [5, 5.41) is 5.93. The molecule has 0 spiro atoms. The maximum Gasteiger partial charge on any atom is 0.319 e. The zero-order valence-corrected chi connectivity index (χ0v) is 13.9. The maximum atomic E-state index is 12.0. The van der Waals surface area contributed by atoms with Gasteiger partial charge in [0.05, 0.1) is 25.0 Å². The molecule has 2 amide bonds. The molecule has 8 heteroatoms. The zero-order valence-electron chi connectivity index (χ0n) is 13.1. The molecule has 0 fully saturated rings. The van der Waals surface area contributed by atoms with E-state index in [1.54, 1.807) is 35.4 Å². The Morgan fingerprint density at radius 3 is 2.83 bits per heavy atom. The maximum absolute atomic E-state index is 12.0. The molecular weight excluding hydrogens is 318 g/mol. The minimum absolute atomic E-state index is 0.276. The number of urea groups is 1. The predicted molar refractivity (Wildman–Crippen MR) is 90.2 cm³/mol. The first-order valence-electron chi connectivity index (χ1n) is 6.87. The Morgan fingerprint density at radius 1 is 1.35 bits per heavy atom. The van der Waals surface area contributed by atoms with Crippen molar-refractivity contribution in [3.05, 3.63) is 41.2 Å². The molecule has 0 aliphatic carbocycles. The van der Waals surface area contributed by atoms with Crippen molar-refractivity contribution in [1.82, 2.24) is 15.3 Å². The van der Waals surface area contributed by atoms with Gasteiger partial charge < -0.3 is 20.3 Å². The second kappa shape index (κ2) is 7.64. The summed E-state index contributed by atoms with van der Waals surface area (Å²) in [6.07, 6.45) is 1.65. The van der Waals surface area contributed by atoms with E-state index in [9.17, 15) is 4.79 Å². The number of carbonyl (C=O) groups excluding carboxylic acids is 1. The van der Waals surface area contributed by atoms with Crippen LogP contribution in [0.3, 0.4) is 0 Å². The summed E-state index contributed by atoms with van der Waals surface area (Å²) in [6, 6.07) is 6.36. The van der Waals surface area contributed by atoms with Crippen molar-refractivity contribution in [1.29, 1.82) is 0 Å². The molecule has 0 saturated heterocycles. The second-order valence-electron chi connectivity index (χ2n) is 4.89. The largest absolute Gasteiger partial charge is 0.495 e. The van der Waals surface area contributed by atoms with Gasteiger partial charge in [0, 0.05) is 25.3 Å². The van der Waals surface area contributed by atoms with Crippen LogP contribution in [0, 0.1) is 0 Å². The van der Waals surface area contributed by atoms with E-state index in [0.717, 1.165) is 0 Å². The zero-order chi connectivity index (χ0) is 16.8. The van der Waals surface area contributed by atoms with Gasteiger partial charge in [0.15, 0.2) is 0 Å². The van der Waals surface area contributed by atoms with Gasteiger partial charge in [0.25, 0.3) is 0 Å². The highest BCUT2D eigenvalue weighted by Gasteiger charge is 2.09. The molecule has 1 aromatic carbocycles. The van der Waals surface area contributed by atoms with E-state index >= 15 is 0 Å². The van der Waals surface area contributed by atoms with E-state index < -0.39 is 0 Å². The fourth-order valence-electron chi connectivity index (χ4n) is 1.81. The summed E-state index contributed by atoms with van der Waals surface area (Å²) >= 11 is 5.93. The third kappa shape index (κ3) is 4.72. The van der Waals surface area contributed by atoms with Crippen molar-refractivity contribution in [3.8, 4) is 5.75 Å². The van der Waals surface area contributed by atoms with E-state index in [2.05, 4.69) is 20.6 Å². The van der Waals surface area contributed by atoms with Gasteiger partial charge in [-0.05, 0) is 24.3 Å². The number of ether oxygens (including phenoxy) is 1. The Morgan fingerprint density at radius 2 is 2.13 bits per heavy atom. The highest BCUT2D eigenvalue weighted by Crippen LogP contribution is 2.27. The standard InChI is InChI=1S/C15H18ClN5O2/c1-21(2)14-17-7-6-11(19-14)9-18-15(22)20-12-8-10(16)4-5-13(12)23-3/h4-8H,9H2,1-3H3,(H2,18,20,22).